The Hall–Kier alpha value is -3.43. The maximum Gasteiger partial charge on any atom is 0.0762 e. The van der Waals surface area contributed by atoms with Crippen LogP contribution in [0.5, 0.6) is 0 Å². The number of benzene rings is 2. The van der Waals surface area contributed by atoms with Crippen molar-refractivity contribution in [2.75, 3.05) is 18.9 Å². The van der Waals surface area contributed by atoms with E-state index in [1.54, 1.807) is 0 Å². The fourth-order valence-corrected chi connectivity index (χ4v) is 4.35. The molecule has 35 heavy (non-hydrogen) atoms. The van der Waals surface area contributed by atoms with E-state index in [9.17, 15) is 0 Å². The second kappa shape index (κ2) is 14.7. The van der Waals surface area contributed by atoms with Gasteiger partial charge in [0.1, 0.15) is 0 Å². The summed E-state index contributed by atoms with van der Waals surface area (Å²) in [5.41, 5.74) is 15.9. The Morgan fingerprint density at radius 3 is 2.03 bits per heavy atom. The largest absolute Gasteiger partial charge is 0.387 e. The van der Waals surface area contributed by atoms with E-state index in [1.807, 2.05) is 32.2 Å². The topological polar surface area (TPSA) is 50.9 Å². The first kappa shape index (κ1) is 27.8. The van der Waals surface area contributed by atoms with E-state index in [4.69, 9.17) is 10.7 Å². The van der Waals surface area contributed by atoms with E-state index in [1.165, 1.54) is 35.1 Å². The third-order valence-electron chi connectivity index (χ3n) is 6.11. The van der Waals surface area contributed by atoms with Crippen molar-refractivity contribution in [3.63, 3.8) is 0 Å². The predicted molar refractivity (Wildman–Crippen MR) is 157 cm³/mol. The maximum atomic E-state index is 5.59. The van der Waals surface area contributed by atoms with Crippen molar-refractivity contribution in [2.45, 2.75) is 46.0 Å². The van der Waals surface area contributed by atoms with Gasteiger partial charge in [0.25, 0.3) is 0 Å². The zero-order valence-corrected chi connectivity index (χ0v) is 21.7. The number of nitrogens with one attached hydrogen (secondary N) is 1. The summed E-state index contributed by atoms with van der Waals surface area (Å²) in [5, 5.41) is 3.39. The molecule has 3 N–H and O–H groups in total. The number of allylic oxidation sites excluding steroid dienone is 1. The molecule has 0 saturated heterocycles. The highest BCUT2D eigenvalue weighted by atomic mass is 14.9. The van der Waals surface area contributed by atoms with Crippen molar-refractivity contribution in [2.24, 2.45) is 5.73 Å². The highest BCUT2D eigenvalue weighted by molar-refractivity contribution is 5.82. The van der Waals surface area contributed by atoms with Crippen LogP contribution in [0, 0.1) is 0 Å². The summed E-state index contributed by atoms with van der Waals surface area (Å²) in [5.74, 6) is 0. The predicted octanol–water partition coefficient (Wildman–Crippen LogP) is 8.17. The lowest BCUT2D eigenvalue weighted by Crippen LogP contribution is -2.05. The monoisotopic (exact) mass is 467 g/mol. The van der Waals surface area contributed by atoms with Gasteiger partial charge in [-0.25, -0.2) is 4.98 Å². The van der Waals surface area contributed by atoms with Crippen LogP contribution in [0.15, 0.2) is 74.3 Å². The summed E-state index contributed by atoms with van der Waals surface area (Å²) in [6, 6.07) is 17.7. The number of pyridine rings is 1. The SMILES string of the molecule is C=C.C=Cc1c(/C=C\C)nc(-c2ccc(-c3ccc(CCCCCN)cc3)cc2)c(CC)c1NC. The lowest BCUT2D eigenvalue weighted by Gasteiger charge is -2.18. The van der Waals surface area contributed by atoms with Gasteiger partial charge in [0.2, 0.25) is 0 Å². The molecule has 184 valence electrons. The molecular formula is C32H41N3. The van der Waals surface area contributed by atoms with Gasteiger partial charge in [-0.2, -0.15) is 0 Å². The van der Waals surface area contributed by atoms with Gasteiger partial charge in [0, 0.05) is 29.4 Å². The second-order valence-corrected chi connectivity index (χ2v) is 8.29. The Labute approximate surface area is 212 Å². The summed E-state index contributed by atoms with van der Waals surface area (Å²) in [7, 11) is 1.97. The minimum absolute atomic E-state index is 0.787. The first-order valence-corrected chi connectivity index (χ1v) is 12.6. The molecule has 0 bridgehead atoms. The molecule has 0 unspecified atom stereocenters. The Kier molecular flexibility index (Phi) is 11.7. The van der Waals surface area contributed by atoms with E-state index in [-0.39, 0.29) is 0 Å². The Bertz CT molecular complexity index is 1090. The molecule has 0 aliphatic carbocycles. The van der Waals surface area contributed by atoms with Crippen molar-refractivity contribution < 1.29 is 0 Å². The summed E-state index contributed by atoms with van der Waals surface area (Å²) in [6.45, 7) is 15.0. The number of aromatic nitrogens is 1. The minimum Gasteiger partial charge on any atom is -0.387 e. The number of hydrogen-bond donors (Lipinski definition) is 2. The first-order chi connectivity index (χ1) is 17.2. The Morgan fingerprint density at radius 1 is 0.914 bits per heavy atom. The van der Waals surface area contributed by atoms with Gasteiger partial charge in [-0.15, -0.1) is 13.2 Å². The molecule has 0 amide bonds. The van der Waals surface area contributed by atoms with Crippen molar-refractivity contribution in [3.8, 4) is 22.4 Å². The molecule has 0 spiro atoms. The molecule has 0 aliphatic rings. The van der Waals surface area contributed by atoms with E-state index in [2.05, 4.69) is 80.5 Å². The van der Waals surface area contributed by atoms with Gasteiger partial charge in [0.05, 0.1) is 11.4 Å². The molecular weight excluding hydrogens is 426 g/mol. The smallest absolute Gasteiger partial charge is 0.0762 e. The quantitative estimate of drug-likeness (QED) is 0.221. The number of unbranched alkanes of at least 4 members (excludes halogenated alkanes) is 2. The van der Waals surface area contributed by atoms with Crippen molar-refractivity contribution in [1.29, 1.82) is 0 Å². The summed E-state index contributed by atoms with van der Waals surface area (Å²) < 4.78 is 0. The molecule has 3 nitrogen and oxygen atoms in total. The first-order valence-electron chi connectivity index (χ1n) is 12.6. The molecule has 3 aromatic rings. The van der Waals surface area contributed by atoms with E-state index in [0.717, 1.165) is 54.0 Å². The van der Waals surface area contributed by atoms with Gasteiger partial charge in [0.15, 0.2) is 0 Å². The maximum absolute atomic E-state index is 5.59. The highest BCUT2D eigenvalue weighted by Crippen LogP contribution is 2.35. The van der Waals surface area contributed by atoms with Gasteiger partial charge in [-0.1, -0.05) is 80.6 Å². The molecule has 0 atom stereocenters. The van der Waals surface area contributed by atoms with Crippen LogP contribution in [0.2, 0.25) is 0 Å². The van der Waals surface area contributed by atoms with Crippen LogP contribution >= 0.6 is 0 Å². The summed E-state index contributed by atoms with van der Waals surface area (Å²) in [4.78, 5) is 5.03. The number of nitrogens with zero attached hydrogens (tertiary/aromatic N) is 1. The lowest BCUT2D eigenvalue weighted by atomic mass is 9.95. The molecule has 3 heteroatoms. The molecule has 0 aliphatic heterocycles. The van der Waals surface area contributed by atoms with E-state index in [0.29, 0.717) is 0 Å². The molecule has 0 fully saturated rings. The summed E-state index contributed by atoms with van der Waals surface area (Å²) in [6.07, 6.45) is 11.5. The zero-order chi connectivity index (χ0) is 25.6. The minimum atomic E-state index is 0.787. The molecule has 0 radical (unpaired) electrons. The molecule has 1 aromatic heterocycles. The van der Waals surface area contributed by atoms with Gasteiger partial charge in [-0.05, 0) is 61.9 Å². The van der Waals surface area contributed by atoms with Crippen LogP contribution < -0.4 is 11.1 Å². The average Bonchev–Trinajstić information content (AvgIpc) is 2.92. The second-order valence-electron chi connectivity index (χ2n) is 8.29. The fourth-order valence-electron chi connectivity index (χ4n) is 4.35. The molecule has 2 aromatic carbocycles. The Balaban J connectivity index is 0.00000210. The summed E-state index contributed by atoms with van der Waals surface area (Å²) >= 11 is 0. The van der Waals surface area contributed by atoms with Gasteiger partial charge >= 0.3 is 0 Å². The lowest BCUT2D eigenvalue weighted by molar-refractivity contribution is 0.686. The third kappa shape index (κ3) is 7.03. The number of hydrogen-bond acceptors (Lipinski definition) is 3. The third-order valence-corrected chi connectivity index (χ3v) is 6.11. The standard InChI is InChI=1S/C30H37N3.C2H4/c1-5-11-28-26(6-2)30(32-4)27(7-3)29(33-28)25-19-17-24(18-20-25)23-15-13-22(14-16-23)12-9-8-10-21-31;1-2/h5-6,11,13-20H,2,7-10,12,21,31H2,1,3-4H3,(H,32,33);1-2H2/b11-5-;. The van der Waals surface area contributed by atoms with Crippen molar-refractivity contribution >= 4 is 17.8 Å². The van der Waals surface area contributed by atoms with Gasteiger partial charge in [-0.3, -0.25) is 0 Å². The Morgan fingerprint density at radius 2 is 1.51 bits per heavy atom. The zero-order valence-electron chi connectivity index (χ0n) is 21.7. The van der Waals surface area contributed by atoms with Crippen molar-refractivity contribution in [1.82, 2.24) is 4.98 Å². The number of anilines is 1. The number of aryl methyl sites for hydroxylation is 1. The van der Waals surface area contributed by atoms with Crippen LogP contribution in [0.25, 0.3) is 34.5 Å². The average molecular weight is 468 g/mol. The normalized spacial score (nSPS) is 10.6. The van der Waals surface area contributed by atoms with Crippen LogP contribution in [0.3, 0.4) is 0 Å². The van der Waals surface area contributed by atoms with E-state index >= 15 is 0 Å². The van der Waals surface area contributed by atoms with Crippen LogP contribution in [-0.4, -0.2) is 18.6 Å². The van der Waals surface area contributed by atoms with Crippen LogP contribution in [-0.2, 0) is 12.8 Å². The fraction of sp³-hybridized carbons (Fsp3) is 0.281. The molecule has 1 heterocycles. The number of rotatable bonds is 11. The molecule has 0 saturated carbocycles. The van der Waals surface area contributed by atoms with Crippen LogP contribution in [0.4, 0.5) is 5.69 Å². The number of nitrogens with two attached hydrogens (primary N) is 1. The van der Waals surface area contributed by atoms with Crippen LogP contribution in [0.1, 0.15) is 55.5 Å². The highest BCUT2D eigenvalue weighted by Gasteiger charge is 2.16. The van der Waals surface area contributed by atoms with Gasteiger partial charge < -0.3 is 11.1 Å². The molecule has 3 rings (SSSR count). The van der Waals surface area contributed by atoms with Crippen molar-refractivity contribution in [3.05, 3.63) is 96.7 Å². The van der Waals surface area contributed by atoms with E-state index < -0.39 is 0 Å².